The van der Waals surface area contributed by atoms with Gasteiger partial charge < -0.3 is 10.1 Å². The van der Waals surface area contributed by atoms with Crippen molar-refractivity contribution in [3.63, 3.8) is 0 Å². The predicted octanol–water partition coefficient (Wildman–Crippen LogP) is 2.87. The summed E-state index contributed by atoms with van der Waals surface area (Å²) in [6.07, 6.45) is 3.27. The van der Waals surface area contributed by atoms with E-state index in [1.54, 1.807) is 18.5 Å². The van der Waals surface area contributed by atoms with Crippen LogP contribution in [0, 0.1) is 17.0 Å². The number of aromatic nitrogens is 2. The van der Waals surface area contributed by atoms with Gasteiger partial charge in [-0.15, -0.1) is 0 Å². The predicted molar refractivity (Wildman–Crippen MR) is 78.5 cm³/mol. The number of benzene rings is 1. The molecule has 2 aromatic rings. The van der Waals surface area contributed by atoms with E-state index in [-0.39, 0.29) is 11.7 Å². The molecule has 0 aliphatic rings. The van der Waals surface area contributed by atoms with Gasteiger partial charge in [-0.25, -0.2) is 0 Å². The molecule has 0 bridgehead atoms. The molecule has 0 amide bonds. The molecule has 1 aromatic carbocycles. The van der Waals surface area contributed by atoms with Gasteiger partial charge in [0, 0.05) is 18.5 Å². The smallest absolute Gasteiger partial charge is 0.273 e. The third kappa shape index (κ3) is 3.25. The fourth-order valence-corrected chi connectivity index (χ4v) is 2.06. The zero-order valence-corrected chi connectivity index (χ0v) is 12.0. The topological polar surface area (TPSA) is 90.2 Å². The minimum atomic E-state index is -0.456. The van der Waals surface area contributed by atoms with E-state index in [9.17, 15) is 10.1 Å². The number of nitrogens with zero attached hydrogens (tertiary/aromatic N) is 3. The molecule has 110 valence electrons. The average Bonchev–Trinajstić information content (AvgIpc) is 2.47. The minimum Gasteiger partial charge on any atom is -0.494 e. The maximum Gasteiger partial charge on any atom is 0.273 e. The van der Waals surface area contributed by atoms with Crippen molar-refractivity contribution in [1.82, 2.24) is 9.97 Å². The third-order valence-electron chi connectivity index (χ3n) is 3.10. The molecule has 21 heavy (non-hydrogen) atoms. The van der Waals surface area contributed by atoms with Crippen LogP contribution in [-0.4, -0.2) is 22.0 Å². The van der Waals surface area contributed by atoms with Crippen molar-refractivity contribution in [3.8, 4) is 5.75 Å². The lowest BCUT2D eigenvalue weighted by atomic mass is 10.1. The summed E-state index contributed by atoms with van der Waals surface area (Å²) in [4.78, 5) is 18.8. The number of methoxy groups -OCH3 is 1. The highest BCUT2D eigenvalue weighted by atomic mass is 16.6. The number of anilines is 1. The van der Waals surface area contributed by atoms with Gasteiger partial charge in [-0.3, -0.25) is 20.1 Å². The van der Waals surface area contributed by atoms with Crippen LogP contribution < -0.4 is 10.1 Å². The summed E-state index contributed by atoms with van der Waals surface area (Å²) < 4.78 is 5.20. The second kappa shape index (κ2) is 6.17. The van der Waals surface area contributed by atoms with E-state index in [1.807, 2.05) is 13.8 Å². The van der Waals surface area contributed by atoms with Gasteiger partial charge in [0.15, 0.2) is 0 Å². The van der Waals surface area contributed by atoms with Crippen molar-refractivity contribution >= 4 is 11.4 Å². The molecule has 1 unspecified atom stereocenters. The Morgan fingerprint density at radius 2 is 2.05 bits per heavy atom. The Kier molecular flexibility index (Phi) is 4.32. The molecular weight excluding hydrogens is 272 g/mol. The van der Waals surface area contributed by atoms with Crippen LogP contribution in [0.1, 0.15) is 24.4 Å². The summed E-state index contributed by atoms with van der Waals surface area (Å²) in [6, 6.07) is 4.34. The first-order valence-electron chi connectivity index (χ1n) is 6.39. The Morgan fingerprint density at radius 1 is 1.33 bits per heavy atom. The van der Waals surface area contributed by atoms with Crippen LogP contribution in [0.2, 0.25) is 0 Å². The number of ether oxygens (including phenoxy) is 1. The molecule has 1 aromatic heterocycles. The number of rotatable bonds is 5. The number of nitro benzene ring substituents is 1. The molecule has 0 aliphatic heterocycles. The van der Waals surface area contributed by atoms with Gasteiger partial charge in [0.1, 0.15) is 5.75 Å². The summed E-state index contributed by atoms with van der Waals surface area (Å²) in [5.41, 5.74) is 2.30. The molecular formula is C14H16N4O3. The van der Waals surface area contributed by atoms with Gasteiger partial charge in [-0.2, -0.15) is 0 Å². The van der Waals surface area contributed by atoms with E-state index >= 15 is 0 Å². The molecule has 0 fully saturated rings. The third-order valence-corrected chi connectivity index (χ3v) is 3.10. The lowest BCUT2D eigenvalue weighted by molar-refractivity contribution is -0.384. The Bertz CT molecular complexity index is 660. The number of non-ortho nitro benzene ring substituents is 1. The zero-order chi connectivity index (χ0) is 15.4. The van der Waals surface area contributed by atoms with Crippen molar-refractivity contribution in [2.24, 2.45) is 0 Å². The van der Waals surface area contributed by atoms with E-state index in [1.165, 1.54) is 19.2 Å². The van der Waals surface area contributed by atoms with Crippen LogP contribution >= 0.6 is 0 Å². The summed E-state index contributed by atoms with van der Waals surface area (Å²) in [6.45, 7) is 3.82. The van der Waals surface area contributed by atoms with Crippen molar-refractivity contribution < 1.29 is 9.66 Å². The SMILES string of the molecule is COc1cc([N+](=O)[O-])ccc1NC(C)c1nccnc1C. The summed E-state index contributed by atoms with van der Waals surface area (Å²) in [5, 5.41) is 14.0. The van der Waals surface area contributed by atoms with E-state index in [2.05, 4.69) is 15.3 Å². The first-order chi connectivity index (χ1) is 10.0. The molecule has 0 aliphatic carbocycles. The lowest BCUT2D eigenvalue weighted by Gasteiger charge is -2.18. The molecule has 2 rings (SSSR count). The Morgan fingerprint density at radius 3 is 2.67 bits per heavy atom. The van der Waals surface area contributed by atoms with E-state index in [0.717, 1.165) is 11.4 Å². The molecule has 0 saturated carbocycles. The molecule has 0 radical (unpaired) electrons. The van der Waals surface area contributed by atoms with Crippen LogP contribution in [0.3, 0.4) is 0 Å². The van der Waals surface area contributed by atoms with Gasteiger partial charge in [-0.05, 0) is 19.9 Å². The summed E-state index contributed by atoms with van der Waals surface area (Å²) in [5.74, 6) is 0.414. The summed E-state index contributed by atoms with van der Waals surface area (Å²) >= 11 is 0. The van der Waals surface area contributed by atoms with Crippen LogP contribution in [0.25, 0.3) is 0 Å². The molecule has 1 N–H and O–H groups in total. The summed E-state index contributed by atoms with van der Waals surface area (Å²) in [7, 11) is 1.47. The highest BCUT2D eigenvalue weighted by Gasteiger charge is 2.15. The van der Waals surface area contributed by atoms with Crippen molar-refractivity contribution in [2.45, 2.75) is 19.9 Å². The quantitative estimate of drug-likeness (QED) is 0.672. The number of nitro groups is 1. The first-order valence-corrected chi connectivity index (χ1v) is 6.39. The standard InChI is InChI=1S/C14H16N4O3/c1-9-14(16-7-6-15-9)10(2)17-12-5-4-11(18(19)20)8-13(12)21-3/h4-8,10,17H,1-3H3. The average molecular weight is 288 g/mol. The van der Waals surface area contributed by atoms with Crippen molar-refractivity contribution in [1.29, 1.82) is 0 Å². The second-order valence-electron chi connectivity index (χ2n) is 4.53. The monoisotopic (exact) mass is 288 g/mol. The van der Waals surface area contributed by atoms with Crippen LogP contribution in [-0.2, 0) is 0 Å². The van der Waals surface area contributed by atoms with Crippen LogP contribution in [0.15, 0.2) is 30.6 Å². The van der Waals surface area contributed by atoms with Gasteiger partial charge in [0.25, 0.3) is 5.69 Å². The molecule has 7 heteroatoms. The lowest BCUT2D eigenvalue weighted by Crippen LogP contribution is -2.11. The van der Waals surface area contributed by atoms with E-state index in [4.69, 9.17) is 4.74 Å². The van der Waals surface area contributed by atoms with Gasteiger partial charge >= 0.3 is 0 Å². The van der Waals surface area contributed by atoms with Crippen molar-refractivity contribution in [2.75, 3.05) is 12.4 Å². The molecule has 1 heterocycles. The molecule has 0 saturated heterocycles. The molecule has 0 spiro atoms. The fourth-order valence-electron chi connectivity index (χ4n) is 2.06. The fraction of sp³-hybridized carbons (Fsp3) is 0.286. The van der Waals surface area contributed by atoms with Gasteiger partial charge in [-0.1, -0.05) is 0 Å². The van der Waals surface area contributed by atoms with Crippen LogP contribution in [0.4, 0.5) is 11.4 Å². The highest BCUT2D eigenvalue weighted by molar-refractivity contribution is 5.61. The molecule has 7 nitrogen and oxygen atoms in total. The van der Waals surface area contributed by atoms with Crippen LogP contribution in [0.5, 0.6) is 5.75 Å². The van der Waals surface area contributed by atoms with E-state index < -0.39 is 4.92 Å². The number of hydrogen-bond donors (Lipinski definition) is 1. The van der Waals surface area contributed by atoms with Gasteiger partial charge in [0.2, 0.25) is 0 Å². The Balaban J connectivity index is 2.27. The maximum atomic E-state index is 10.8. The number of aryl methyl sites for hydroxylation is 1. The minimum absolute atomic E-state index is 0.0132. The maximum absolute atomic E-state index is 10.8. The zero-order valence-electron chi connectivity index (χ0n) is 12.0. The van der Waals surface area contributed by atoms with E-state index in [0.29, 0.717) is 11.4 Å². The Hall–Kier alpha value is -2.70. The normalized spacial score (nSPS) is 11.8. The largest absolute Gasteiger partial charge is 0.494 e. The number of nitrogens with one attached hydrogen (secondary N) is 1. The van der Waals surface area contributed by atoms with Crippen molar-refractivity contribution in [3.05, 3.63) is 52.1 Å². The Labute approximate surface area is 122 Å². The van der Waals surface area contributed by atoms with Gasteiger partial charge in [0.05, 0.1) is 41.2 Å². The second-order valence-corrected chi connectivity index (χ2v) is 4.53. The highest BCUT2D eigenvalue weighted by Crippen LogP contribution is 2.31. The molecule has 1 atom stereocenters. The number of hydrogen-bond acceptors (Lipinski definition) is 6. The first kappa shape index (κ1) is 14.7.